The van der Waals surface area contributed by atoms with Crippen LogP contribution in [0.4, 0.5) is 17.1 Å². The van der Waals surface area contributed by atoms with Gasteiger partial charge in [-0.1, -0.05) is 189 Å². The lowest BCUT2D eigenvalue weighted by Gasteiger charge is -2.31. The Bertz CT molecular complexity index is 2860. The van der Waals surface area contributed by atoms with Crippen LogP contribution < -0.4 is 4.90 Å². The second-order valence-electron chi connectivity index (χ2n) is 14.9. The fraction of sp³-hybridized carbons (Fsp3) is 0.0357. The highest BCUT2D eigenvalue weighted by Gasteiger charge is 2.50. The lowest BCUT2D eigenvalue weighted by molar-refractivity contribution is 0.766. The SMILES string of the molecule is C=C/C=C\C1=C(C)C2(c3ccccc31)c1ccccc1-c1cc(-c3cccc(N(c4ccc(-c5ccccc5)cc4)c4ccccc4-c4ccccc4)c3)ccc12. The van der Waals surface area contributed by atoms with Gasteiger partial charge < -0.3 is 4.90 Å². The van der Waals surface area contributed by atoms with Gasteiger partial charge in [0.2, 0.25) is 0 Å². The minimum Gasteiger partial charge on any atom is -0.310 e. The van der Waals surface area contributed by atoms with Crippen LogP contribution in [-0.2, 0) is 5.41 Å². The Morgan fingerprint density at radius 2 is 0.965 bits per heavy atom. The van der Waals surface area contributed by atoms with Crippen molar-refractivity contribution in [3.63, 3.8) is 0 Å². The molecule has 0 aliphatic heterocycles. The van der Waals surface area contributed by atoms with Gasteiger partial charge in [0.15, 0.2) is 0 Å². The van der Waals surface area contributed by atoms with Gasteiger partial charge in [0.1, 0.15) is 0 Å². The summed E-state index contributed by atoms with van der Waals surface area (Å²) in [6.45, 7) is 6.29. The molecular weight excluding hydrogens is 687 g/mol. The highest BCUT2D eigenvalue weighted by Crippen LogP contribution is 2.62. The Balaban J connectivity index is 1.12. The first-order chi connectivity index (χ1) is 28.2. The zero-order valence-corrected chi connectivity index (χ0v) is 31.9. The lowest BCUT2D eigenvalue weighted by Crippen LogP contribution is -2.26. The van der Waals surface area contributed by atoms with Crippen LogP contribution in [0, 0.1) is 0 Å². The molecule has 8 aromatic rings. The normalized spacial score (nSPS) is 15.1. The van der Waals surface area contributed by atoms with Crippen LogP contribution >= 0.6 is 0 Å². The molecular formula is C56H41N. The van der Waals surface area contributed by atoms with Crippen LogP contribution in [0.5, 0.6) is 0 Å². The molecule has 270 valence electrons. The van der Waals surface area contributed by atoms with E-state index >= 15 is 0 Å². The van der Waals surface area contributed by atoms with Gasteiger partial charge in [-0.15, -0.1) is 0 Å². The summed E-state index contributed by atoms with van der Waals surface area (Å²) in [5, 5.41) is 0. The summed E-state index contributed by atoms with van der Waals surface area (Å²) in [6, 6.07) is 73.1. The van der Waals surface area contributed by atoms with Gasteiger partial charge in [0.05, 0.1) is 11.1 Å². The van der Waals surface area contributed by atoms with E-state index in [9.17, 15) is 0 Å². The third-order valence-corrected chi connectivity index (χ3v) is 11.9. The van der Waals surface area contributed by atoms with Crippen molar-refractivity contribution in [1.82, 2.24) is 0 Å². The summed E-state index contributed by atoms with van der Waals surface area (Å²) < 4.78 is 0. The van der Waals surface area contributed by atoms with E-state index in [0.29, 0.717) is 0 Å². The largest absolute Gasteiger partial charge is 0.310 e. The van der Waals surface area contributed by atoms with E-state index in [0.717, 1.165) is 17.1 Å². The summed E-state index contributed by atoms with van der Waals surface area (Å²) in [5.41, 5.74) is 20.6. The third-order valence-electron chi connectivity index (χ3n) is 11.9. The second kappa shape index (κ2) is 14.1. The maximum atomic E-state index is 3.97. The molecule has 1 heteroatoms. The van der Waals surface area contributed by atoms with E-state index < -0.39 is 0 Å². The Hall–Kier alpha value is -7.22. The molecule has 0 saturated heterocycles. The number of para-hydroxylation sites is 1. The molecule has 0 amide bonds. The van der Waals surface area contributed by atoms with Crippen molar-refractivity contribution < 1.29 is 0 Å². The van der Waals surface area contributed by atoms with E-state index in [4.69, 9.17) is 0 Å². The molecule has 1 nitrogen and oxygen atoms in total. The molecule has 2 aliphatic carbocycles. The summed E-state index contributed by atoms with van der Waals surface area (Å²) in [7, 11) is 0. The van der Waals surface area contributed by atoms with E-state index in [1.165, 1.54) is 77.9 Å². The number of benzene rings is 8. The highest BCUT2D eigenvalue weighted by molar-refractivity contribution is 5.97. The van der Waals surface area contributed by atoms with Gasteiger partial charge in [-0.25, -0.2) is 0 Å². The molecule has 8 aromatic carbocycles. The summed E-state index contributed by atoms with van der Waals surface area (Å²) in [4.78, 5) is 2.40. The fourth-order valence-corrected chi connectivity index (χ4v) is 9.40. The zero-order valence-electron chi connectivity index (χ0n) is 31.9. The molecule has 10 rings (SSSR count). The van der Waals surface area contributed by atoms with Crippen molar-refractivity contribution >= 4 is 22.6 Å². The van der Waals surface area contributed by atoms with Gasteiger partial charge in [0, 0.05) is 16.9 Å². The van der Waals surface area contributed by atoms with Crippen LogP contribution in [0.15, 0.2) is 231 Å². The van der Waals surface area contributed by atoms with Crippen molar-refractivity contribution in [2.45, 2.75) is 12.3 Å². The summed E-state index contributed by atoms with van der Waals surface area (Å²) in [5.74, 6) is 0. The first-order valence-electron chi connectivity index (χ1n) is 19.7. The quantitative estimate of drug-likeness (QED) is 0.141. The molecule has 0 fully saturated rings. The van der Waals surface area contributed by atoms with Crippen molar-refractivity contribution in [2.24, 2.45) is 0 Å². The lowest BCUT2D eigenvalue weighted by atomic mass is 9.70. The first kappa shape index (κ1) is 34.3. The molecule has 0 N–H and O–H groups in total. The number of anilines is 3. The van der Waals surface area contributed by atoms with Gasteiger partial charge in [-0.3, -0.25) is 0 Å². The number of allylic oxidation sites excluding steroid dienone is 5. The van der Waals surface area contributed by atoms with Crippen molar-refractivity contribution in [1.29, 1.82) is 0 Å². The van der Waals surface area contributed by atoms with Crippen LogP contribution in [0.1, 0.15) is 29.2 Å². The van der Waals surface area contributed by atoms with Crippen molar-refractivity contribution in [3.8, 4) is 44.5 Å². The van der Waals surface area contributed by atoms with Crippen LogP contribution in [0.2, 0.25) is 0 Å². The molecule has 2 aliphatic rings. The molecule has 1 spiro atoms. The van der Waals surface area contributed by atoms with Gasteiger partial charge in [-0.2, -0.15) is 0 Å². The maximum Gasteiger partial charge on any atom is 0.0685 e. The van der Waals surface area contributed by atoms with Gasteiger partial charge >= 0.3 is 0 Å². The Morgan fingerprint density at radius 3 is 1.70 bits per heavy atom. The minimum atomic E-state index is -0.354. The van der Waals surface area contributed by atoms with Crippen LogP contribution in [0.25, 0.3) is 50.1 Å². The summed E-state index contributed by atoms with van der Waals surface area (Å²) >= 11 is 0. The number of rotatable bonds is 8. The number of hydrogen-bond donors (Lipinski definition) is 0. The Labute approximate surface area is 335 Å². The molecule has 0 radical (unpaired) electrons. The maximum absolute atomic E-state index is 3.97. The van der Waals surface area contributed by atoms with Crippen LogP contribution in [0.3, 0.4) is 0 Å². The van der Waals surface area contributed by atoms with E-state index in [2.05, 4.69) is 231 Å². The van der Waals surface area contributed by atoms with E-state index in [-0.39, 0.29) is 5.41 Å². The summed E-state index contributed by atoms with van der Waals surface area (Å²) in [6.07, 6.45) is 6.16. The van der Waals surface area contributed by atoms with Gasteiger partial charge in [-0.05, 0) is 116 Å². The monoisotopic (exact) mass is 727 g/mol. The molecule has 0 aromatic heterocycles. The molecule has 0 saturated carbocycles. The second-order valence-corrected chi connectivity index (χ2v) is 14.9. The van der Waals surface area contributed by atoms with Crippen LogP contribution in [-0.4, -0.2) is 0 Å². The first-order valence-corrected chi connectivity index (χ1v) is 19.7. The predicted octanol–water partition coefficient (Wildman–Crippen LogP) is 15.0. The Kier molecular flexibility index (Phi) is 8.50. The molecule has 1 unspecified atom stereocenters. The Morgan fingerprint density at radius 1 is 0.421 bits per heavy atom. The molecule has 0 bridgehead atoms. The average Bonchev–Trinajstić information content (AvgIpc) is 3.72. The third kappa shape index (κ3) is 5.54. The van der Waals surface area contributed by atoms with E-state index in [1.807, 2.05) is 6.08 Å². The average molecular weight is 728 g/mol. The van der Waals surface area contributed by atoms with Crippen molar-refractivity contribution in [3.05, 3.63) is 253 Å². The standard InChI is InChI=1S/C56H41N/c1-3-4-24-47-39(2)56(52-28-14-11-26-49(47)52)53-29-15-12-27-50(53)51-38-44(33-36-54(51)56)43-22-17-23-46(37-43)57(45-34-31-41(32-35-45)40-18-7-5-8-19-40)55-30-16-13-25-48(55)42-20-9-6-10-21-42/h3-38H,1H2,2H3/b24-4-. The number of nitrogens with zero attached hydrogens (tertiary/aromatic N) is 1. The smallest absolute Gasteiger partial charge is 0.0685 e. The number of fused-ring (bicyclic) bond motifs is 7. The van der Waals surface area contributed by atoms with E-state index in [1.54, 1.807) is 0 Å². The number of hydrogen-bond acceptors (Lipinski definition) is 1. The topological polar surface area (TPSA) is 3.24 Å². The zero-order chi connectivity index (χ0) is 38.3. The fourth-order valence-electron chi connectivity index (χ4n) is 9.40. The van der Waals surface area contributed by atoms with Crippen molar-refractivity contribution in [2.75, 3.05) is 4.90 Å². The highest BCUT2D eigenvalue weighted by atomic mass is 15.1. The molecule has 1 atom stereocenters. The minimum absolute atomic E-state index is 0.354. The van der Waals surface area contributed by atoms with Gasteiger partial charge in [0.25, 0.3) is 0 Å². The molecule has 0 heterocycles. The molecule has 57 heavy (non-hydrogen) atoms. The predicted molar refractivity (Wildman–Crippen MR) is 241 cm³/mol.